The first-order valence-corrected chi connectivity index (χ1v) is 11.6. The maximum absolute atomic E-state index is 13.9. The fourth-order valence-corrected chi connectivity index (χ4v) is 4.25. The van der Waals surface area contributed by atoms with E-state index in [0.29, 0.717) is 53.8 Å². The third kappa shape index (κ3) is 5.15. The second kappa shape index (κ2) is 9.84. The molecule has 34 heavy (non-hydrogen) atoms. The van der Waals surface area contributed by atoms with Crippen molar-refractivity contribution in [3.63, 3.8) is 0 Å². The summed E-state index contributed by atoms with van der Waals surface area (Å²) in [5.74, 6) is -1.26. The maximum Gasteiger partial charge on any atom is 0.296 e. The summed E-state index contributed by atoms with van der Waals surface area (Å²) in [4.78, 5) is 26.2. The standard InChI is InChI=1S/C24H27ClF2N4O3/c1-24(2,13-32)22(33)31-10-8-14(9-11-31)34-23-29-20-12-16(25)19(28-21(20)30-23)7-6-15-17(26)4-3-5-18(15)27/h3-5,12,14,32H,6-11,13H2,1-2H3,(H,28,29,30). The monoisotopic (exact) mass is 492 g/mol. The van der Waals surface area contributed by atoms with E-state index in [1.54, 1.807) is 24.8 Å². The molecule has 0 bridgehead atoms. The number of aromatic nitrogens is 3. The number of nitrogens with one attached hydrogen (secondary N) is 1. The molecule has 3 heterocycles. The normalized spacial score (nSPS) is 15.2. The molecule has 1 amide bonds. The summed E-state index contributed by atoms with van der Waals surface area (Å²) < 4.78 is 33.8. The average molecular weight is 493 g/mol. The predicted molar refractivity (Wildman–Crippen MR) is 124 cm³/mol. The van der Waals surface area contributed by atoms with Crippen LogP contribution in [0.5, 0.6) is 6.01 Å². The largest absolute Gasteiger partial charge is 0.461 e. The molecular formula is C24H27ClF2N4O3. The van der Waals surface area contributed by atoms with E-state index in [0.717, 1.165) is 0 Å². The van der Waals surface area contributed by atoms with E-state index in [-0.39, 0.29) is 37.0 Å². The number of amides is 1. The van der Waals surface area contributed by atoms with Gasteiger partial charge in [-0.15, -0.1) is 0 Å². The zero-order valence-corrected chi connectivity index (χ0v) is 19.8. The number of aliphatic hydroxyl groups excluding tert-OH is 1. The summed E-state index contributed by atoms with van der Waals surface area (Å²) in [5.41, 5.74) is 0.693. The molecule has 0 atom stereocenters. The number of aromatic amines is 1. The lowest BCUT2D eigenvalue weighted by Gasteiger charge is -2.36. The summed E-state index contributed by atoms with van der Waals surface area (Å²) in [5, 5.41) is 9.81. The minimum absolute atomic E-state index is 0.00119. The Morgan fingerprint density at radius 2 is 1.91 bits per heavy atom. The number of halogens is 3. The van der Waals surface area contributed by atoms with E-state index in [9.17, 15) is 18.7 Å². The van der Waals surface area contributed by atoms with Gasteiger partial charge in [-0.05, 0) is 44.9 Å². The molecular weight excluding hydrogens is 466 g/mol. The Balaban J connectivity index is 1.40. The van der Waals surface area contributed by atoms with Gasteiger partial charge in [-0.2, -0.15) is 4.98 Å². The summed E-state index contributed by atoms with van der Waals surface area (Å²) >= 11 is 6.35. The van der Waals surface area contributed by atoms with Gasteiger partial charge >= 0.3 is 0 Å². The van der Waals surface area contributed by atoms with Gasteiger partial charge in [-0.25, -0.2) is 13.8 Å². The molecule has 2 N–H and O–H groups in total. The van der Waals surface area contributed by atoms with Gasteiger partial charge in [-0.1, -0.05) is 17.7 Å². The molecule has 0 unspecified atom stereocenters. The number of benzene rings is 1. The Morgan fingerprint density at radius 1 is 1.24 bits per heavy atom. The summed E-state index contributed by atoms with van der Waals surface area (Å²) in [7, 11) is 0. The Bertz CT molecular complexity index is 1170. The second-order valence-corrected chi connectivity index (χ2v) is 9.59. The number of imidazole rings is 1. The SMILES string of the molecule is CC(C)(CO)C(=O)N1CCC(Oc2nc3nc(CCc4c(F)cccc4F)c(Cl)cc3[nH]2)CC1. The van der Waals surface area contributed by atoms with Crippen LogP contribution in [0.15, 0.2) is 24.3 Å². The van der Waals surface area contributed by atoms with Crippen molar-refractivity contribution in [2.45, 2.75) is 45.6 Å². The molecule has 0 spiro atoms. The third-order valence-corrected chi connectivity index (χ3v) is 6.46. The molecule has 182 valence electrons. The molecule has 3 aromatic rings. The number of pyridine rings is 1. The summed E-state index contributed by atoms with van der Waals surface area (Å²) in [6.07, 6.45) is 1.53. The van der Waals surface area contributed by atoms with Crippen LogP contribution in [0, 0.1) is 17.0 Å². The minimum atomic E-state index is -0.798. The third-order valence-electron chi connectivity index (χ3n) is 6.13. The zero-order valence-electron chi connectivity index (χ0n) is 19.1. The highest BCUT2D eigenvalue weighted by Gasteiger charge is 2.34. The molecule has 10 heteroatoms. The summed E-state index contributed by atoms with van der Waals surface area (Å²) in [6.45, 7) is 4.33. The lowest BCUT2D eigenvalue weighted by molar-refractivity contribution is -0.144. The second-order valence-electron chi connectivity index (χ2n) is 9.18. The maximum atomic E-state index is 13.9. The number of carbonyl (C=O) groups is 1. The topological polar surface area (TPSA) is 91.3 Å². The molecule has 1 aromatic carbocycles. The molecule has 7 nitrogen and oxygen atoms in total. The Kier molecular flexibility index (Phi) is 7.04. The molecule has 0 aliphatic carbocycles. The Hall–Kier alpha value is -2.78. The van der Waals surface area contributed by atoms with E-state index in [1.165, 1.54) is 18.2 Å². The number of aryl methyl sites for hydroxylation is 1. The van der Waals surface area contributed by atoms with E-state index in [1.807, 2.05) is 0 Å². The molecule has 2 aromatic heterocycles. The fourth-order valence-electron chi connectivity index (χ4n) is 4.01. The molecule has 1 aliphatic rings. The lowest BCUT2D eigenvalue weighted by atomic mass is 9.91. The van der Waals surface area contributed by atoms with Crippen molar-refractivity contribution in [3.8, 4) is 6.01 Å². The van der Waals surface area contributed by atoms with Crippen LogP contribution >= 0.6 is 11.6 Å². The number of hydrogen-bond acceptors (Lipinski definition) is 5. The molecule has 4 rings (SSSR count). The highest BCUT2D eigenvalue weighted by atomic mass is 35.5. The number of aliphatic hydroxyl groups is 1. The van der Waals surface area contributed by atoms with Crippen molar-refractivity contribution >= 4 is 28.7 Å². The smallest absolute Gasteiger partial charge is 0.296 e. The Morgan fingerprint density at radius 3 is 2.56 bits per heavy atom. The molecule has 1 saturated heterocycles. The van der Waals surface area contributed by atoms with Gasteiger partial charge in [-0.3, -0.25) is 4.79 Å². The first kappa shape index (κ1) is 24.3. The van der Waals surface area contributed by atoms with E-state index < -0.39 is 17.0 Å². The number of nitrogens with zero attached hydrogens (tertiary/aromatic N) is 3. The number of likely N-dealkylation sites (tertiary alicyclic amines) is 1. The summed E-state index contributed by atoms with van der Waals surface area (Å²) in [6, 6.07) is 5.75. The van der Waals surface area contributed by atoms with E-state index in [4.69, 9.17) is 16.3 Å². The van der Waals surface area contributed by atoms with Crippen molar-refractivity contribution in [1.29, 1.82) is 0 Å². The van der Waals surface area contributed by atoms with E-state index in [2.05, 4.69) is 15.0 Å². The van der Waals surface area contributed by atoms with Gasteiger partial charge in [0.1, 0.15) is 17.7 Å². The number of H-pyrrole nitrogens is 1. The lowest BCUT2D eigenvalue weighted by Crippen LogP contribution is -2.48. The van der Waals surface area contributed by atoms with Crippen molar-refractivity contribution in [2.75, 3.05) is 19.7 Å². The number of hydrogen-bond donors (Lipinski definition) is 2. The van der Waals surface area contributed by atoms with Gasteiger partial charge in [0.25, 0.3) is 6.01 Å². The van der Waals surface area contributed by atoms with Crippen LogP contribution in [0.25, 0.3) is 11.2 Å². The molecule has 0 radical (unpaired) electrons. The molecule has 1 aliphatic heterocycles. The van der Waals surface area contributed by atoms with Crippen LogP contribution in [0.1, 0.15) is 37.9 Å². The number of piperidine rings is 1. The van der Waals surface area contributed by atoms with Crippen molar-refractivity contribution in [1.82, 2.24) is 19.9 Å². The number of carbonyl (C=O) groups excluding carboxylic acids is 1. The van der Waals surface area contributed by atoms with Crippen LogP contribution < -0.4 is 4.74 Å². The van der Waals surface area contributed by atoms with Crippen LogP contribution in [0.2, 0.25) is 5.02 Å². The van der Waals surface area contributed by atoms with Crippen LogP contribution in [-0.4, -0.2) is 56.7 Å². The first-order chi connectivity index (χ1) is 16.2. The number of ether oxygens (including phenoxy) is 1. The minimum Gasteiger partial charge on any atom is -0.461 e. The Labute approximate surface area is 201 Å². The van der Waals surface area contributed by atoms with Crippen LogP contribution in [0.3, 0.4) is 0 Å². The molecule has 1 fully saturated rings. The van der Waals surface area contributed by atoms with Crippen molar-refractivity contribution < 1.29 is 23.4 Å². The van der Waals surface area contributed by atoms with E-state index >= 15 is 0 Å². The van der Waals surface area contributed by atoms with Crippen LogP contribution in [0.4, 0.5) is 8.78 Å². The predicted octanol–water partition coefficient (Wildman–Crippen LogP) is 4.06. The van der Waals surface area contributed by atoms with Gasteiger partial charge < -0.3 is 19.7 Å². The number of fused-ring (bicyclic) bond motifs is 1. The highest BCUT2D eigenvalue weighted by molar-refractivity contribution is 6.31. The van der Waals surface area contributed by atoms with Crippen LogP contribution in [-0.2, 0) is 17.6 Å². The quantitative estimate of drug-likeness (QED) is 0.519. The van der Waals surface area contributed by atoms with Gasteiger partial charge in [0.05, 0.1) is 28.3 Å². The highest BCUT2D eigenvalue weighted by Crippen LogP contribution is 2.26. The van der Waals surface area contributed by atoms with Crippen molar-refractivity contribution in [2.24, 2.45) is 5.41 Å². The first-order valence-electron chi connectivity index (χ1n) is 11.2. The fraction of sp³-hybridized carbons (Fsp3) is 0.458. The number of rotatable bonds is 7. The zero-order chi connectivity index (χ0) is 24.5. The van der Waals surface area contributed by atoms with Crippen molar-refractivity contribution in [3.05, 3.63) is 52.2 Å². The average Bonchev–Trinajstić information content (AvgIpc) is 3.19. The van der Waals surface area contributed by atoms with Gasteiger partial charge in [0.15, 0.2) is 5.65 Å². The van der Waals surface area contributed by atoms with Gasteiger partial charge in [0, 0.05) is 31.5 Å². The molecule has 0 saturated carbocycles. The van der Waals surface area contributed by atoms with Gasteiger partial charge in [0.2, 0.25) is 5.91 Å².